The van der Waals surface area contributed by atoms with E-state index in [0.717, 1.165) is 6.42 Å². The van der Waals surface area contributed by atoms with E-state index in [9.17, 15) is 4.79 Å². The molecule has 1 aliphatic rings. The Kier molecular flexibility index (Phi) is 3.75. The SMILES string of the molecule is NNc1ncnc(NC2CCC(=O)NC2)c1Br. The molecule has 0 spiro atoms. The highest BCUT2D eigenvalue weighted by molar-refractivity contribution is 9.10. The first-order valence-electron chi connectivity index (χ1n) is 5.21. The number of carbonyl (C=O) groups excluding carboxylic acids is 1. The van der Waals surface area contributed by atoms with Crippen LogP contribution < -0.4 is 21.9 Å². The summed E-state index contributed by atoms with van der Waals surface area (Å²) in [7, 11) is 0. The summed E-state index contributed by atoms with van der Waals surface area (Å²) < 4.78 is 0.680. The van der Waals surface area contributed by atoms with E-state index in [1.165, 1.54) is 6.33 Å². The molecule has 1 fully saturated rings. The number of nitrogens with zero attached hydrogens (tertiary/aromatic N) is 2. The standard InChI is InChI=1S/C9H13BrN6O/c10-7-8(13-4-14-9(7)16-11)15-5-1-2-6(17)12-3-5/h4-5H,1-3,11H2,(H,12,17)(H2,13,14,15,16). The van der Waals surface area contributed by atoms with Crippen LogP contribution in [0.3, 0.4) is 0 Å². The molecule has 8 heteroatoms. The quantitative estimate of drug-likeness (QED) is 0.470. The summed E-state index contributed by atoms with van der Waals surface area (Å²) in [4.78, 5) is 19.1. The second-order valence-corrected chi connectivity index (χ2v) is 4.51. The monoisotopic (exact) mass is 300 g/mol. The van der Waals surface area contributed by atoms with Crippen molar-refractivity contribution in [2.24, 2.45) is 5.84 Å². The molecule has 1 amide bonds. The number of hydrogen-bond acceptors (Lipinski definition) is 6. The molecule has 0 bridgehead atoms. The smallest absolute Gasteiger partial charge is 0.220 e. The summed E-state index contributed by atoms with van der Waals surface area (Å²) in [6.07, 6.45) is 2.74. The largest absolute Gasteiger partial charge is 0.364 e. The number of nitrogens with two attached hydrogens (primary N) is 1. The molecule has 2 heterocycles. The molecular weight excluding hydrogens is 288 g/mol. The molecule has 0 radical (unpaired) electrons. The van der Waals surface area contributed by atoms with Crippen LogP contribution in [0.4, 0.5) is 11.6 Å². The summed E-state index contributed by atoms with van der Waals surface area (Å²) in [6.45, 7) is 0.598. The number of nitrogen functional groups attached to an aromatic ring is 1. The molecule has 0 aliphatic carbocycles. The van der Waals surface area contributed by atoms with Crippen molar-refractivity contribution in [1.82, 2.24) is 15.3 Å². The van der Waals surface area contributed by atoms with Gasteiger partial charge in [-0.05, 0) is 22.4 Å². The number of halogens is 1. The van der Waals surface area contributed by atoms with Crippen LogP contribution >= 0.6 is 15.9 Å². The van der Waals surface area contributed by atoms with Crippen LogP contribution in [0.1, 0.15) is 12.8 Å². The van der Waals surface area contributed by atoms with Gasteiger partial charge >= 0.3 is 0 Å². The molecule has 2 rings (SSSR count). The Morgan fingerprint density at radius 2 is 2.24 bits per heavy atom. The van der Waals surface area contributed by atoms with Gasteiger partial charge in [0.05, 0.1) is 0 Å². The van der Waals surface area contributed by atoms with Crippen molar-refractivity contribution in [2.75, 3.05) is 17.3 Å². The van der Waals surface area contributed by atoms with Gasteiger partial charge in [-0.3, -0.25) is 4.79 Å². The van der Waals surface area contributed by atoms with Crippen LogP contribution in [0, 0.1) is 0 Å². The fourth-order valence-corrected chi connectivity index (χ4v) is 2.05. The minimum absolute atomic E-state index is 0.0918. The summed E-state index contributed by atoms with van der Waals surface area (Å²) in [5.74, 6) is 6.58. The van der Waals surface area contributed by atoms with E-state index in [1.807, 2.05) is 0 Å². The van der Waals surface area contributed by atoms with Crippen molar-refractivity contribution in [1.29, 1.82) is 0 Å². The number of hydrazine groups is 1. The minimum atomic E-state index is 0.0918. The van der Waals surface area contributed by atoms with Crippen LogP contribution in [0.5, 0.6) is 0 Å². The van der Waals surface area contributed by atoms with E-state index >= 15 is 0 Å². The fourth-order valence-electron chi connectivity index (χ4n) is 1.62. The maximum atomic E-state index is 11.0. The molecule has 1 aliphatic heterocycles. The Hall–Kier alpha value is -1.41. The van der Waals surface area contributed by atoms with E-state index in [2.05, 4.69) is 42.0 Å². The van der Waals surface area contributed by atoms with Gasteiger partial charge in [0.1, 0.15) is 16.6 Å². The average Bonchev–Trinajstić information content (AvgIpc) is 2.35. The van der Waals surface area contributed by atoms with Gasteiger partial charge in [0.2, 0.25) is 5.91 Å². The lowest BCUT2D eigenvalue weighted by Gasteiger charge is -2.24. The van der Waals surface area contributed by atoms with E-state index in [0.29, 0.717) is 29.1 Å². The van der Waals surface area contributed by atoms with Gasteiger partial charge in [-0.15, -0.1) is 0 Å². The molecule has 0 aromatic carbocycles. The number of anilines is 2. The zero-order valence-electron chi connectivity index (χ0n) is 9.03. The zero-order valence-corrected chi connectivity index (χ0v) is 10.6. The van der Waals surface area contributed by atoms with Crippen LogP contribution in [0.2, 0.25) is 0 Å². The topological polar surface area (TPSA) is 105 Å². The van der Waals surface area contributed by atoms with Gasteiger partial charge in [0.25, 0.3) is 0 Å². The van der Waals surface area contributed by atoms with E-state index in [1.54, 1.807) is 0 Å². The molecule has 7 nitrogen and oxygen atoms in total. The molecule has 1 saturated heterocycles. The van der Waals surface area contributed by atoms with E-state index in [-0.39, 0.29) is 11.9 Å². The Labute approximate surface area is 107 Å². The molecule has 5 N–H and O–H groups in total. The third-order valence-corrected chi connectivity index (χ3v) is 3.28. The first kappa shape index (κ1) is 12.1. The number of aromatic nitrogens is 2. The molecule has 1 aromatic rings. The van der Waals surface area contributed by atoms with Crippen LogP contribution in [0.15, 0.2) is 10.8 Å². The molecule has 1 unspecified atom stereocenters. The Bertz CT molecular complexity index is 416. The highest BCUT2D eigenvalue weighted by Crippen LogP contribution is 2.26. The van der Waals surface area contributed by atoms with E-state index in [4.69, 9.17) is 5.84 Å². The van der Waals surface area contributed by atoms with Crippen molar-refractivity contribution >= 4 is 33.5 Å². The first-order chi connectivity index (χ1) is 8.20. The lowest BCUT2D eigenvalue weighted by molar-refractivity contribution is -0.122. The molecule has 0 saturated carbocycles. The zero-order chi connectivity index (χ0) is 12.3. The third kappa shape index (κ3) is 2.83. The Morgan fingerprint density at radius 3 is 2.88 bits per heavy atom. The number of piperidine rings is 1. The second-order valence-electron chi connectivity index (χ2n) is 3.71. The van der Waals surface area contributed by atoms with Gasteiger partial charge < -0.3 is 16.1 Å². The molecule has 1 aromatic heterocycles. The lowest BCUT2D eigenvalue weighted by Crippen LogP contribution is -2.42. The highest BCUT2D eigenvalue weighted by atomic mass is 79.9. The predicted molar refractivity (Wildman–Crippen MR) is 67.2 cm³/mol. The maximum Gasteiger partial charge on any atom is 0.220 e. The second kappa shape index (κ2) is 5.28. The van der Waals surface area contributed by atoms with Gasteiger partial charge in [0.15, 0.2) is 5.82 Å². The van der Waals surface area contributed by atoms with E-state index < -0.39 is 0 Å². The van der Waals surface area contributed by atoms with Gasteiger partial charge in [-0.2, -0.15) is 0 Å². The predicted octanol–water partition coefficient (Wildman–Crippen LogP) is 0.215. The van der Waals surface area contributed by atoms with Crippen LogP contribution in [-0.2, 0) is 4.79 Å². The molecule has 1 atom stereocenters. The van der Waals surface area contributed by atoms with Crippen LogP contribution in [-0.4, -0.2) is 28.5 Å². The average molecular weight is 301 g/mol. The number of hydrogen-bond donors (Lipinski definition) is 4. The van der Waals surface area contributed by atoms with Crippen LogP contribution in [0.25, 0.3) is 0 Å². The number of rotatable bonds is 3. The lowest BCUT2D eigenvalue weighted by atomic mass is 10.1. The minimum Gasteiger partial charge on any atom is -0.364 e. The van der Waals surface area contributed by atoms with Crippen molar-refractivity contribution in [2.45, 2.75) is 18.9 Å². The Morgan fingerprint density at radius 1 is 1.47 bits per heavy atom. The molecule has 92 valence electrons. The Balaban J connectivity index is 2.06. The van der Waals surface area contributed by atoms with Crippen molar-refractivity contribution in [3.05, 3.63) is 10.8 Å². The summed E-state index contributed by atoms with van der Waals surface area (Å²) in [5.41, 5.74) is 2.47. The summed E-state index contributed by atoms with van der Waals surface area (Å²) in [5, 5.41) is 6.04. The molecular formula is C9H13BrN6O. The van der Waals surface area contributed by atoms with Gasteiger partial charge in [-0.1, -0.05) is 0 Å². The number of carbonyl (C=O) groups is 1. The number of nitrogens with one attached hydrogen (secondary N) is 3. The van der Waals surface area contributed by atoms with Crippen molar-refractivity contribution < 1.29 is 4.79 Å². The third-order valence-electron chi connectivity index (χ3n) is 2.53. The van der Waals surface area contributed by atoms with Crippen molar-refractivity contribution in [3.8, 4) is 0 Å². The van der Waals surface area contributed by atoms with Gasteiger partial charge in [-0.25, -0.2) is 15.8 Å². The number of amides is 1. The first-order valence-corrected chi connectivity index (χ1v) is 6.00. The molecule has 17 heavy (non-hydrogen) atoms. The maximum absolute atomic E-state index is 11.0. The fraction of sp³-hybridized carbons (Fsp3) is 0.444. The summed E-state index contributed by atoms with van der Waals surface area (Å²) >= 11 is 3.36. The summed E-state index contributed by atoms with van der Waals surface area (Å²) in [6, 6.07) is 0.171. The highest BCUT2D eigenvalue weighted by Gasteiger charge is 2.19. The van der Waals surface area contributed by atoms with Gasteiger partial charge in [0, 0.05) is 19.0 Å². The van der Waals surface area contributed by atoms with Crippen molar-refractivity contribution in [3.63, 3.8) is 0 Å². The normalized spacial score (nSPS) is 19.6.